The summed E-state index contributed by atoms with van der Waals surface area (Å²) in [5.74, 6) is 0.273. The van der Waals surface area contributed by atoms with Crippen molar-refractivity contribution in [3.63, 3.8) is 0 Å². The molecule has 1 aromatic carbocycles. The highest BCUT2D eigenvalue weighted by Crippen LogP contribution is 2.40. The van der Waals surface area contributed by atoms with Gasteiger partial charge in [-0.25, -0.2) is 0 Å². The van der Waals surface area contributed by atoms with Crippen LogP contribution in [0, 0.1) is 12.8 Å². The lowest BCUT2D eigenvalue weighted by Gasteiger charge is -2.19. The largest absolute Gasteiger partial charge is 0.516 e. The van der Waals surface area contributed by atoms with E-state index in [4.69, 9.17) is 0 Å². The number of nitrogens with one attached hydrogen (secondary N) is 1. The van der Waals surface area contributed by atoms with Gasteiger partial charge >= 0.3 is 15.5 Å². The minimum atomic E-state index is -5.61. The smallest absolute Gasteiger partial charge is 0.303 e. The zero-order valence-electron chi connectivity index (χ0n) is 16.7. The second kappa shape index (κ2) is 8.19. The van der Waals surface area contributed by atoms with E-state index in [2.05, 4.69) is 39.2 Å². The molecule has 3 unspecified atom stereocenters. The van der Waals surface area contributed by atoms with Gasteiger partial charge in [0.25, 0.3) is 5.13 Å². The third kappa shape index (κ3) is 4.62. The number of likely N-dealkylation sites (tertiary alicyclic amines) is 1. The Kier molecular flexibility index (Phi) is 6.16. The minimum absolute atomic E-state index is 0.0379. The number of anilines is 1. The molecule has 1 N–H and O–H groups in total. The highest BCUT2D eigenvalue weighted by molar-refractivity contribution is 7.93. The zero-order valence-corrected chi connectivity index (χ0v) is 18.3. The molecule has 30 heavy (non-hydrogen) atoms. The van der Waals surface area contributed by atoms with Crippen LogP contribution in [0.5, 0.6) is 0 Å². The van der Waals surface area contributed by atoms with E-state index in [0.717, 1.165) is 16.9 Å². The van der Waals surface area contributed by atoms with Crippen molar-refractivity contribution < 1.29 is 21.6 Å². The van der Waals surface area contributed by atoms with Gasteiger partial charge in [0.2, 0.25) is 0 Å². The number of likely N-dealkylation sites (N-methyl/N-ethyl adjacent to an activating group) is 1. The van der Waals surface area contributed by atoms with Crippen molar-refractivity contribution in [3.05, 3.63) is 28.8 Å². The van der Waals surface area contributed by atoms with Gasteiger partial charge in [-0.3, -0.25) is 4.72 Å². The third-order valence-corrected chi connectivity index (χ3v) is 7.15. The highest BCUT2D eigenvalue weighted by Gasteiger charge is 2.46. The fraction of sp³-hybridized carbons (Fsp3) is 0.529. The average Bonchev–Trinajstić information content (AvgIpc) is 3.17. The number of alkyl halides is 3. The maximum Gasteiger partial charge on any atom is 0.516 e. The number of hydrogen-bond acceptors (Lipinski definition) is 8. The topological polar surface area (TPSA) is 99.9 Å². The van der Waals surface area contributed by atoms with Crippen molar-refractivity contribution in [1.29, 1.82) is 0 Å². The summed E-state index contributed by atoms with van der Waals surface area (Å²) in [4.78, 5) is 2.15. The lowest BCUT2D eigenvalue weighted by atomic mass is 9.87. The molecular weight excluding hydrogens is 441 g/mol. The van der Waals surface area contributed by atoms with Gasteiger partial charge in [0.15, 0.2) is 0 Å². The third-order valence-electron chi connectivity index (χ3n) is 5.33. The number of benzene rings is 1. The number of nitrogens with zero attached hydrogens (tertiary/aromatic N) is 5. The van der Waals surface area contributed by atoms with Crippen molar-refractivity contribution in [1.82, 2.24) is 15.1 Å². The Morgan fingerprint density at radius 2 is 1.93 bits per heavy atom. The Labute approximate surface area is 176 Å². The SMILES string of the molecule is Cc1nnc(N=Nc2ccc(C3CN(C)C(C)C3C)cc2NS(=O)(=O)C(F)(F)F)s1. The summed E-state index contributed by atoms with van der Waals surface area (Å²) in [7, 11) is -3.64. The fourth-order valence-electron chi connectivity index (χ4n) is 3.37. The van der Waals surface area contributed by atoms with E-state index < -0.39 is 15.5 Å². The van der Waals surface area contributed by atoms with Gasteiger partial charge in [0.05, 0.1) is 5.69 Å². The van der Waals surface area contributed by atoms with Crippen molar-refractivity contribution in [2.75, 3.05) is 18.3 Å². The number of halogens is 3. The fourth-order valence-corrected chi connectivity index (χ4v) is 4.45. The molecule has 0 aliphatic carbocycles. The number of aryl methyl sites for hydroxylation is 1. The molecule has 0 bridgehead atoms. The monoisotopic (exact) mass is 462 g/mol. The standard InChI is InChI=1S/C17H21F3N6O2S2/c1-9-10(2)26(4)8-13(9)12-5-6-14(22-24-16-23-21-11(3)29-16)15(7-12)25-30(27,28)17(18,19)20/h5-7,9-10,13,25H,8H2,1-4H3. The number of rotatable bonds is 5. The van der Waals surface area contributed by atoms with E-state index in [1.54, 1.807) is 17.7 Å². The Morgan fingerprint density at radius 1 is 1.23 bits per heavy atom. The van der Waals surface area contributed by atoms with Gasteiger partial charge in [0.1, 0.15) is 10.7 Å². The molecule has 3 atom stereocenters. The molecule has 0 saturated carbocycles. The molecule has 1 aliphatic rings. The van der Waals surface area contributed by atoms with Gasteiger partial charge < -0.3 is 4.90 Å². The van der Waals surface area contributed by atoms with Gasteiger partial charge in [-0.2, -0.15) is 21.6 Å². The first kappa shape index (κ1) is 22.6. The first-order valence-electron chi connectivity index (χ1n) is 9.04. The Balaban J connectivity index is 2.00. The molecule has 0 radical (unpaired) electrons. The van der Waals surface area contributed by atoms with Crippen LogP contribution in [0.25, 0.3) is 0 Å². The lowest BCUT2D eigenvalue weighted by Crippen LogP contribution is -2.30. The van der Waals surface area contributed by atoms with Crippen LogP contribution < -0.4 is 4.72 Å². The molecule has 8 nitrogen and oxygen atoms in total. The van der Waals surface area contributed by atoms with E-state index in [-0.39, 0.29) is 34.4 Å². The summed E-state index contributed by atoms with van der Waals surface area (Å²) in [5.41, 5.74) is -5.07. The average molecular weight is 463 g/mol. The van der Waals surface area contributed by atoms with Crippen LogP contribution in [0.1, 0.15) is 30.3 Å². The van der Waals surface area contributed by atoms with Crippen LogP contribution in [0.3, 0.4) is 0 Å². The summed E-state index contributed by atoms with van der Waals surface area (Å²) < 4.78 is 63.9. The normalized spacial score (nSPS) is 23.4. The number of hydrogen-bond donors (Lipinski definition) is 1. The summed E-state index contributed by atoms with van der Waals surface area (Å²) in [6.07, 6.45) is 0. The first-order valence-corrected chi connectivity index (χ1v) is 11.3. The van der Waals surface area contributed by atoms with Gasteiger partial charge in [-0.05, 0) is 44.5 Å². The van der Waals surface area contributed by atoms with E-state index >= 15 is 0 Å². The zero-order chi connectivity index (χ0) is 22.3. The molecule has 164 valence electrons. The Hall–Kier alpha value is -2.12. The van der Waals surface area contributed by atoms with Crippen molar-refractivity contribution in [2.24, 2.45) is 16.1 Å². The van der Waals surface area contributed by atoms with Crippen LogP contribution in [0.15, 0.2) is 28.4 Å². The van der Waals surface area contributed by atoms with E-state index in [9.17, 15) is 21.6 Å². The van der Waals surface area contributed by atoms with Gasteiger partial charge in [-0.1, -0.05) is 24.3 Å². The highest BCUT2D eigenvalue weighted by atomic mass is 32.2. The van der Waals surface area contributed by atoms with E-state index in [1.807, 2.05) is 7.05 Å². The molecule has 13 heteroatoms. The predicted octanol–water partition coefficient (Wildman–Crippen LogP) is 4.58. The number of aromatic nitrogens is 2. The predicted molar refractivity (Wildman–Crippen MR) is 108 cm³/mol. The lowest BCUT2D eigenvalue weighted by molar-refractivity contribution is -0.0429. The van der Waals surface area contributed by atoms with Crippen molar-refractivity contribution in [2.45, 2.75) is 38.2 Å². The molecule has 1 saturated heterocycles. The van der Waals surface area contributed by atoms with Crippen LogP contribution in [-0.2, 0) is 10.0 Å². The molecule has 3 rings (SSSR count). The number of azo groups is 1. The molecule has 1 fully saturated rings. The summed E-state index contributed by atoms with van der Waals surface area (Å²) >= 11 is 1.15. The minimum Gasteiger partial charge on any atom is -0.303 e. The Morgan fingerprint density at radius 3 is 2.47 bits per heavy atom. The number of sulfonamides is 1. The van der Waals surface area contributed by atoms with Crippen LogP contribution >= 0.6 is 11.3 Å². The second-order valence-corrected chi connectivity index (χ2v) is 10.1. The van der Waals surface area contributed by atoms with Crippen LogP contribution in [0.4, 0.5) is 29.7 Å². The maximum absolute atomic E-state index is 12.9. The molecule has 1 aliphatic heterocycles. The quantitative estimate of drug-likeness (QED) is 0.656. The molecule has 2 aromatic rings. The summed E-state index contributed by atoms with van der Waals surface area (Å²) in [5, 5.41) is 16.2. The van der Waals surface area contributed by atoms with E-state index in [0.29, 0.717) is 11.6 Å². The van der Waals surface area contributed by atoms with Crippen LogP contribution in [0.2, 0.25) is 0 Å². The van der Waals surface area contributed by atoms with Crippen LogP contribution in [-0.4, -0.2) is 48.7 Å². The second-order valence-electron chi connectivity index (χ2n) is 7.28. The van der Waals surface area contributed by atoms with Crippen molar-refractivity contribution >= 4 is 37.9 Å². The van der Waals surface area contributed by atoms with Gasteiger partial charge in [-0.15, -0.1) is 20.4 Å². The molecule has 1 aromatic heterocycles. The van der Waals surface area contributed by atoms with Crippen molar-refractivity contribution in [3.8, 4) is 0 Å². The summed E-state index contributed by atoms with van der Waals surface area (Å²) in [6, 6.07) is 4.87. The van der Waals surface area contributed by atoms with E-state index in [1.165, 1.54) is 12.1 Å². The molecule has 2 heterocycles. The van der Waals surface area contributed by atoms with Gasteiger partial charge in [0, 0.05) is 18.5 Å². The Bertz CT molecular complexity index is 1050. The first-order chi connectivity index (χ1) is 13.9. The molecule has 0 amide bonds. The summed E-state index contributed by atoms with van der Waals surface area (Å²) in [6.45, 7) is 6.56. The molecule has 0 spiro atoms. The maximum atomic E-state index is 12.9. The molecular formula is C17H21F3N6O2S2.